The molecule has 0 radical (unpaired) electrons. The molecule has 0 aliphatic carbocycles. The van der Waals surface area contributed by atoms with Crippen LogP contribution in [-0.4, -0.2) is 13.1 Å². The van der Waals surface area contributed by atoms with Crippen molar-refractivity contribution in [2.24, 2.45) is 0 Å². The highest BCUT2D eigenvalue weighted by Crippen LogP contribution is 2.48. The van der Waals surface area contributed by atoms with Gasteiger partial charge in [0, 0.05) is 35.8 Å². The molecule has 0 bridgehead atoms. The Morgan fingerprint density at radius 2 is 0.833 bits per heavy atom. The lowest BCUT2D eigenvalue weighted by atomic mass is 9.84. The van der Waals surface area contributed by atoms with Crippen molar-refractivity contribution in [1.82, 2.24) is 0 Å². The SMILES string of the molecule is c1ccc2c(c1)CCCN2c1ccc2c(-c3ccc4ccccc4c3)c3cc(N4CCCc5ccccc54)ccc3c(-c3ccc(-c4cccc5ccccc45)cc3)c2c1. The molecule has 0 saturated heterocycles. The van der Waals surface area contributed by atoms with Gasteiger partial charge in [-0.1, -0.05) is 152 Å². The van der Waals surface area contributed by atoms with Gasteiger partial charge in [0.05, 0.1) is 0 Å². The van der Waals surface area contributed by atoms with Crippen molar-refractivity contribution in [3.8, 4) is 33.4 Å². The number of para-hydroxylation sites is 2. The maximum atomic E-state index is 2.54. The number of nitrogens with zero attached hydrogens (tertiary/aromatic N) is 2. The average molecular weight is 769 g/mol. The van der Waals surface area contributed by atoms with Crippen LogP contribution in [0.1, 0.15) is 24.0 Å². The van der Waals surface area contributed by atoms with Crippen LogP contribution in [0.3, 0.4) is 0 Å². The number of rotatable bonds is 5. The summed E-state index contributed by atoms with van der Waals surface area (Å²) < 4.78 is 0. The third-order valence-corrected chi connectivity index (χ3v) is 13.2. The van der Waals surface area contributed by atoms with Crippen LogP contribution >= 0.6 is 0 Å². The molecule has 2 heterocycles. The Morgan fingerprint density at radius 1 is 0.317 bits per heavy atom. The molecule has 60 heavy (non-hydrogen) atoms. The first kappa shape index (κ1) is 34.8. The third kappa shape index (κ3) is 5.78. The summed E-state index contributed by atoms with van der Waals surface area (Å²) in [5.74, 6) is 0. The molecule has 10 aromatic rings. The van der Waals surface area contributed by atoms with Gasteiger partial charge in [-0.3, -0.25) is 0 Å². The monoisotopic (exact) mass is 768 g/mol. The van der Waals surface area contributed by atoms with Gasteiger partial charge in [0.25, 0.3) is 0 Å². The maximum absolute atomic E-state index is 2.54. The Bertz CT molecular complexity index is 3280. The molecule has 0 amide bonds. The minimum Gasteiger partial charge on any atom is -0.341 e. The first-order valence-electron chi connectivity index (χ1n) is 21.6. The van der Waals surface area contributed by atoms with E-state index in [1.807, 2.05) is 0 Å². The Labute approximate surface area is 351 Å². The first-order valence-corrected chi connectivity index (χ1v) is 21.6. The fourth-order valence-corrected chi connectivity index (χ4v) is 10.4. The summed E-state index contributed by atoms with van der Waals surface area (Å²) in [4.78, 5) is 5.09. The predicted molar refractivity (Wildman–Crippen MR) is 256 cm³/mol. The third-order valence-electron chi connectivity index (χ3n) is 13.2. The zero-order valence-electron chi connectivity index (χ0n) is 33.6. The smallest absolute Gasteiger partial charge is 0.0443 e. The summed E-state index contributed by atoms with van der Waals surface area (Å²) >= 11 is 0. The van der Waals surface area contributed by atoms with Crippen LogP contribution in [0, 0.1) is 0 Å². The molecule has 12 rings (SSSR count). The lowest BCUT2D eigenvalue weighted by molar-refractivity contribution is 0.767. The van der Waals surface area contributed by atoms with Gasteiger partial charge in [0.1, 0.15) is 0 Å². The van der Waals surface area contributed by atoms with Crippen LogP contribution < -0.4 is 9.80 Å². The van der Waals surface area contributed by atoms with Crippen molar-refractivity contribution in [3.05, 3.63) is 205 Å². The summed E-state index contributed by atoms with van der Waals surface area (Å²) in [5.41, 5.74) is 15.5. The van der Waals surface area contributed by atoms with E-state index in [4.69, 9.17) is 0 Å². The van der Waals surface area contributed by atoms with Gasteiger partial charge in [-0.2, -0.15) is 0 Å². The molecule has 0 aromatic heterocycles. The Balaban J connectivity index is 1.14. The molecule has 2 heteroatoms. The molecule has 0 saturated carbocycles. The molecule has 2 nitrogen and oxygen atoms in total. The molecule has 0 unspecified atom stereocenters. The quantitative estimate of drug-likeness (QED) is 0.161. The van der Waals surface area contributed by atoms with Gasteiger partial charge < -0.3 is 9.80 Å². The Kier molecular flexibility index (Phi) is 8.30. The van der Waals surface area contributed by atoms with Gasteiger partial charge in [0.15, 0.2) is 0 Å². The van der Waals surface area contributed by atoms with E-state index >= 15 is 0 Å². The van der Waals surface area contributed by atoms with Crippen LogP contribution in [0.25, 0.3) is 76.5 Å². The van der Waals surface area contributed by atoms with Gasteiger partial charge in [0.2, 0.25) is 0 Å². The van der Waals surface area contributed by atoms with E-state index in [2.05, 4.69) is 204 Å². The molecule has 0 N–H and O–H groups in total. The van der Waals surface area contributed by atoms with E-state index in [1.165, 1.54) is 110 Å². The highest BCUT2D eigenvalue weighted by molar-refractivity contribution is 6.23. The van der Waals surface area contributed by atoms with Gasteiger partial charge in [-0.15, -0.1) is 0 Å². The molecular formula is C58H44N2. The molecule has 0 fully saturated rings. The molecular weight excluding hydrogens is 725 g/mol. The zero-order valence-corrected chi connectivity index (χ0v) is 33.6. The fourth-order valence-electron chi connectivity index (χ4n) is 10.4. The molecule has 0 atom stereocenters. The van der Waals surface area contributed by atoms with Crippen molar-refractivity contribution >= 4 is 65.8 Å². The number of hydrogen-bond acceptors (Lipinski definition) is 2. The van der Waals surface area contributed by atoms with Gasteiger partial charge >= 0.3 is 0 Å². The van der Waals surface area contributed by atoms with Crippen LogP contribution in [0.4, 0.5) is 22.7 Å². The topological polar surface area (TPSA) is 6.48 Å². The minimum atomic E-state index is 1.00. The van der Waals surface area contributed by atoms with E-state index in [0.29, 0.717) is 0 Å². The number of benzene rings is 10. The van der Waals surface area contributed by atoms with Crippen molar-refractivity contribution in [1.29, 1.82) is 0 Å². The number of fused-ring (bicyclic) bond motifs is 6. The fraction of sp³-hybridized carbons (Fsp3) is 0.103. The van der Waals surface area contributed by atoms with E-state index in [-0.39, 0.29) is 0 Å². The second kappa shape index (κ2) is 14.3. The molecule has 2 aliphatic rings. The van der Waals surface area contributed by atoms with E-state index in [9.17, 15) is 0 Å². The summed E-state index contributed by atoms with van der Waals surface area (Å²) in [5, 5.41) is 10.2. The van der Waals surface area contributed by atoms with E-state index in [1.54, 1.807) is 0 Å². The number of aryl methyl sites for hydroxylation is 2. The average Bonchev–Trinajstić information content (AvgIpc) is 3.32. The Morgan fingerprint density at radius 3 is 1.50 bits per heavy atom. The van der Waals surface area contributed by atoms with Crippen LogP contribution in [0.5, 0.6) is 0 Å². The first-order chi connectivity index (χ1) is 29.7. The molecule has 2 aliphatic heterocycles. The van der Waals surface area contributed by atoms with Crippen molar-refractivity contribution in [2.75, 3.05) is 22.9 Å². The van der Waals surface area contributed by atoms with Gasteiger partial charge in [-0.05, 0) is 156 Å². The van der Waals surface area contributed by atoms with Crippen molar-refractivity contribution in [3.63, 3.8) is 0 Å². The standard InChI is InChI=1S/C58H44N2/c1-2-16-45-36-46(29-24-39(45)12-1)58-52-33-31-47(59-34-10-18-42-14-4-7-22-55(42)59)37-53(52)57(44-27-25-41(26-28-44)50-21-9-17-40-13-3-6-20-49(40)50)51-32-30-48(38-54(51)58)60-35-11-19-43-15-5-8-23-56(43)60/h1-9,12-17,20-33,36-38H,10-11,18-19,34-35H2. The molecule has 10 aromatic carbocycles. The highest BCUT2D eigenvalue weighted by Gasteiger charge is 2.24. The van der Waals surface area contributed by atoms with Crippen molar-refractivity contribution in [2.45, 2.75) is 25.7 Å². The number of anilines is 4. The minimum absolute atomic E-state index is 1.00. The maximum Gasteiger partial charge on any atom is 0.0443 e. The summed E-state index contributed by atoms with van der Waals surface area (Å²) in [6.07, 6.45) is 4.52. The van der Waals surface area contributed by atoms with Crippen LogP contribution in [-0.2, 0) is 12.8 Å². The van der Waals surface area contributed by atoms with Crippen molar-refractivity contribution < 1.29 is 0 Å². The van der Waals surface area contributed by atoms with Crippen LogP contribution in [0.2, 0.25) is 0 Å². The van der Waals surface area contributed by atoms with E-state index in [0.717, 1.165) is 38.8 Å². The lowest BCUT2D eigenvalue weighted by Gasteiger charge is -2.32. The summed E-state index contributed by atoms with van der Waals surface area (Å²) in [6.45, 7) is 2.01. The van der Waals surface area contributed by atoms with E-state index < -0.39 is 0 Å². The molecule has 0 spiro atoms. The summed E-state index contributed by atoms with van der Waals surface area (Å²) in [7, 11) is 0. The Hall–Kier alpha value is -7.16. The normalized spacial score (nSPS) is 13.9. The second-order valence-corrected chi connectivity index (χ2v) is 16.6. The largest absolute Gasteiger partial charge is 0.341 e. The zero-order chi connectivity index (χ0) is 39.6. The van der Waals surface area contributed by atoms with Gasteiger partial charge in [-0.25, -0.2) is 0 Å². The molecule has 286 valence electrons. The second-order valence-electron chi connectivity index (χ2n) is 16.6. The summed E-state index contributed by atoms with van der Waals surface area (Å²) in [6, 6.07) is 73.0. The number of hydrogen-bond donors (Lipinski definition) is 0. The predicted octanol–water partition coefficient (Wildman–Crippen LogP) is 15.5. The lowest BCUT2D eigenvalue weighted by Crippen LogP contribution is -2.24. The highest BCUT2D eigenvalue weighted by atomic mass is 15.1. The van der Waals surface area contributed by atoms with Crippen LogP contribution in [0.15, 0.2) is 194 Å².